The van der Waals surface area contributed by atoms with E-state index in [1.165, 1.54) is 16.4 Å². The van der Waals surface area contributed by atoms with Crippen molar-refractivity contribution >= 4 is 43.6 Å². The van der Waals surface area contributed by atoms with Gasteiger partial charge in [0.05, 0.1) is 29.4 Å². The normalized spacial score (nSPS) is 12.0. The summed E-state index contributed by atoms with van der Waals surface area (Å²) in [6, 6.07) is 10.0. The third kappa shape index (κ3) is 3.55. The Bertz CT molecular complexity index is 1300. The highest BCUT2D eigenvalue weighted by molar-refractivity contribution is 7.90. The monoisotopic (exact) mass is 431 g/mol. The maximum Gasteiger partial charge on any atom is 0.269 e. The number of ether oxygens (including phenoxy) is 2. The third-order valence-corrected chi connectivity index (χ3v) is 6.43. The zero-order valence-corrected chi connectivity index (χ0v) is 17.4. The lowest BCUT2D eigenvalue weighted by atomic mass is 10.2. The molecule has 9 heteroatoms. The number of rotatable bonds is 6. The quantitative estimate of drug-likeness (QED) is 0.341. The predicted molar refractivity (Wildman–Crippen MR) is 111 cm³/mol. The summed E-state index contributed by atoms with van der Waals surface area (Å²) >= 11 is 6.08. The van der Waals surface area contributed by atoms with Crippen molar-refractivity contribution in [3.63, 3.8) is 0 Å². The largest absolute Gasteiger partial charge is 0.490 e. The minimum absolute atomic E-state index is 0.166. The van der Waals surface area contributed by atoms with E-state index >= 15 is 0 Å². The van der Waals surface area contributed by atoms with Crippen molar-refractivity contribution in [2.45, 2.75) is 11.8 Å². The summed E-state index contributed by atoms with van der Waals surface area (Å²) in [5.41, 5.74) is 1.64. The Balaban J connectivity index is 1.96. The van der Waals surface area contributed by atoms with Crippen LogP contribution in [0.3, 0.4) is 0 Å². The second kappa shape index (κ2) is 7.62. The number of benzene rings is 1. The van der Waals surface area contributed by atoms with E-state index in [9.17, 15) is 8.42 Å². The van der Waals surface area contributed by atoms with Gasteiger partial charge in [0.2, 0.25) is 0 Å². The average molecular weight is 432 g/mol. The third-order valence-electron chi connectivity index (χ3n) is 4.51. The summed E-state index contributed by atoms with van der Waals surface area (Å²) in [6.45, 7) is 2.68. The van der Waals surface area contributed by atoms with Crippen molar-refractivity contribution in [3.8, 4) is 5.75 Å². The maximum atomic E-state index is 13.4. The molecule has 3 heterocycles. The first-order valence-corrected chi connectivity index (χ1v) is 10.6. The molecule has 0 N–H and O–H groups in total. The topological polar surface area (TPSA) is 83.3 Å². The molecule has 0 amide bonds. The molecule has 4 aromatic rings. The number of pyridine rings is 2. The van der Waals surface area contributed by atoms with Gasteiger partial charge in [0.25, 0.3) is 10.0 Å². The Morgan fingerprint density at radius 1 is 1.03 bits per heavy atom. The molecule has 150 valence electrons. The molecular formula is C20H18ClN3O4S. The van der Waals surface area contributed by atoms with Crippen LogP contribution in [0.25, 0.3) is 21.9 Å². The van der Waals surface area contributed by atoms with Crippen molar-refractivity contribution in [2.75, 3.05) is 20.3 Å². The molecule has 0 unspecified atom stereocenters. The first-order chi connectivity index (χ1) is 13.9. The van der Waals surface area contributed by atoms with Crippen LogP contribution in [0.4, 0.5) is 0 Å². The Kier molecular flexibility index (Phi) is 5.16. The summed E-state index contributed by atoms with van der Waals surface area (Å²) < 4.78 is 38.7. The molecule has 0 spiro atoms. The molecule has 0 atom stereocenters. The van der Waals surface area contributed by atoms with E-state index in [1.54, 1.807) is 43.5 Å². The molecule has 0 saturated heterocycles. The lowest BCUT2D eigenvalue weighted by Gasteiger charge is -2.09. The molecule has 0 aliphatic heterocycles. The number of aromatic nitrogens is 3. The molecule has 4 rings (SSSR count). The number of fused-ring (bicyclic) bond motifs is 3. The van der Waals surface area contributed by atoms with Crippen LogP contribution in [0, 0.1) is 6.92 Å². The van der Waals surface area contributed by atoms with Crippen LogP contribution < -0.4 is 4.74 Å². The molecule has 0 radical (unpaired) electrons. The zero-order chi connectivity index (χ0) is 20.6. The van der Waals surface area contributed by atoms with Gasteiger partial charge >= 0.3 is 0 Å². The summed E-state index contributed by atoms with van der Waals surface area (Å²) in [4.78, 5) is 8.62. The van der Waals surface area contributed by atoms with E-state index < -0.39 is 10.0 Å². The van der Waals surface area contributed by atoms with Gasteiger partial charge in [0, 0.05) is 17.9 Å². The van der Waals surface area contributed by atoms with Crippen molar-refractivity contribution in [1.82, 2.24) is 13.9 Å². The molecular weight excluding hydrogens is 414 g/mol. The zero-order valence-electron chi connectivity index (χ0n) is 15.8. The van der Waals surface area contributed by atoms with Gasteiger partial charge in [0.15, 0.2) is 5.65 Å². The van der Waals surface area contributed by atoms with Crippen molar-refractivity contribution in [3.05, 3.63) is 59.5 Å². The second-order valence-corrected chi connectivity index (χ2v) is 8.66. The van der Waals surface area contributed by atoms with Gasteiger partial charge in [-0.05, 0) is 31.2 Å². The van der Waals surface area contributed by atoms with Crippen LogP contribution in [-0.2, 0) is 14.8 Å². The number of hydrogen-bond acceptors (Lipinski definition) is 6. The minimum Gasteiger partial charge on any atom is -0.490 e. The number of hydrogen-bond donors (Lipinski definition) is 0. The molecule has 3 aromatic heterocycles. The fourth-order valence-electron chi connectivity index (χ4n) is 3.09. The highest BCUT2D eigenvalue weighted by atomic mass is 35.5. The van der Waals surface area contributed by atoms with Crippen LogP contribution in [0.2, 0.25) is 5.15 Å². The van der Waals surface area contributed by atoms with Crippen molar-refractivity contribution < 1.29 is 17.9 Å². The van der Waals surface area contributed by atoms with Crippen LogP contribution in [0.1, 0.15) is 5.56 Å². The average Bonchev–Trinajstić information content (AvgIpc) is 3.02. The number of methoxy groups -OCH3 is 1. The molecule has 29 heavy (non-hydrogen) atoms. The second-order valence-electron chi connectivity index (χ2n) is 6.49. The number of halogens is 1. The molecule has 0 saturated carbocycles. The van der Waals surface area contributed by atoms with Gasteiger partial charge in [-0.25, -0.2) is 22.4 Å². The molecule has 0 aliphatic carbocycles. The van der Waals surface area contributed by atoms with E-state index in [-0.39, 0.29) is 15.7 Å². The molecule has 0 bridgehead atoms. The summed E-state index contributed by atoms with van der Waals surface area (Å²) in [5.74, 6) is 0.509. The molecule has 0 fully saturated rings. The van der Waals surface area contributed by atoms with Crippen molar-refractivity contribution in [2.24, 2.45) is 0 Å². The minimum atomic E-state index is -3.90. The first kappa shape index (κ1) is 19.6. The van der Waals surface area contributed by atoms with E-state index in [4.69, 9.17) is 21.1 Å². The van der Waals surface area contributed by atoms with Crippen LogP contribution >= 0.6 is 11.6 Å². The van der Waals surface area contributed by atoms with Crippen molar-refractivity contribution in [1.29, 1.82) is 0 Å². The molecule has 1 aromatic carbocycles. The summed E-state index contributed by atoms with van der Waals surface area (Å²) in [5, 5.41) is 1.49. The fraction of sp³-hybridized carbons (Fsp3) is 0.200. The Labute approximate surface area is 172 Å². The lowest BCUT2D eigenvalue weighted by Crippen LogP contribution is -2.13. The Morgan fingerprint density at radius 3 is 2.52 bits per heavy atom. The highest BCUT2D eigenvalue weighted by Crippen LogP contribution is 2.34. The van der Waals surface area contributed by atoms with Gasteiger partial charge in [-0.15, -0.1) is 0 Å². The number of nitrogens with zero attached hydrogens (tertiary/aromatic N) is 3. The predicted octanol–water partition coefficient (Wildman–Crippen LogP) is 3.81. The Morgan fingerprint density at radius 2 is 1.79 bits per heavy atom. The lowest BCUT2D eigenvalue weighted by molar-refractivity contribution is 0.146. The maximum absolute atomic E-state index is 13.4. The summed E-state index contributed by atoms with van der Waals surface area (Å²) in [6.07, 6.45) is 2.93. The van der Waals surface area contributed by atoms with Crippen LogP contribution in [-0.4, -0.2) is 42.7 Å². The van der Waals surface area contributed by atoms with Gasteiger partial charge in [0.1, 0.15) is 17.5 Å². The van der Waals surface area contributed by atoms with Crippen LogP contribution in [0.15, 0.2) is 53.7 Å². The van der Waals surface area contributed by atoms with Gasteiger partial charge < -0.3 is 9.47 Å². The molecule has 0 aliphatic rings. The van der Waals surface area contributed by atoms with E-state index in [1.807, 2.05) is 6.92 Å². The van der Waals surface area contributed by atoms with E-state index in [0.717, 1.165) is 5.56 Å². The van der Waals surface area contributed by atoms with Gasteiger partial charge in [-0.1, -0.05) is 29.3 Å². The molecule has 7 nitrogen and oxygen atoms in total. The smallest absolute Gasteiger partial charge is 0.269 e. The number of aryl methyl sites for hydroxylation is 1. The van der Waals surface area contributed by atoms with Gasteiger partial charge in [-0.3, -0.25) is 0 Å². The van der Waals surface area contributed by atoms with Crippen LogP contribution in [0.5, 0.6) is 5.75 Å². The fourth-order valence-corrected chi connectivity index (χ4v) is 4.72. The standard InChI is InChI=1S/C20H18ClN3O4S/c1-13-3-5-15(6-4-13)29(25,26)24-18-12-22-19(21)10-16(18)17-9-14(11-23-20(17)24)28-8-7-27-2/h3-6,9-12H,7-8H2,1-2H3. The Hall–Kier alpha value is -2.68. The van der Waals surface area contributed by atoms with E-state index in [2.05, 4.69) is 9.97 Å². The van der Waals surface area contributed by atoms with Gasteiger partial charge in [-0.2, -0.15) is 0 Å². The SMILES string of the molecule is COCCOc1cnc2c(c1)c1cc(Cl)ncc1n2S(=O)(=O)c1ccc(C)cc1. The first-order valence-electron chi connectivity index (χ1n) is 8.81. The summed E-state index contributed by atoms with van der Waals surface area (Å²) in [7, 11) is -2.32. The van der Waals surface area contributed by atoms with E-state index in [0.29, 0.717) is 35.3 Å². The highest BCUT2D eigenvalue weighted by Gasteiger charge is 2.25.